The summed E-state index contributed by atoms with van der Waals surface area (Å²) in [4.78, 5) is 0. The van der Waals surface area contributed by atoms with Crippen LogP contribution in [-0.4, -0.2) is 22.4 Å². The second-order valence-electron chi connectivity index (χ2n) is 2.97. The highest BCUT2D eigenvalue weighted by Gasteiger charge is 2.14. The minimum Gasteiger partial charge on any atom is -0.504 e. The fraction of sp³-hybridized carbons (Fsp3) is 0.300. The van der Waals surface area contributed by atoms with Gasteiger partial charge in [0.25, 0.3) is 0 Å². The van der Waals surface area contributed by atoms with Gasteiger partial charge in [0.2, 0.25) is 5.75 Å². The van der Waals surface area contributed by atoms with Crippen LogP contribution in [0, 0.1) is 11.3 Å². The summed E-state index contributed by atoms with van der Waals surface area (Å²) < 4.78 is 4.79. The van der Waals surface area contributed by atoms with Gasteiger partial charge in [-0.3, -0.25) is 0 Å². The molecule has 1 unspecified atom stereocenters. The van der Waals surface area contributed by atoms with Crippen molar-refractivity contribution in [2.45, 2.75) is 12.5 Å². The quantitative estimate of drug-likeness (QED) is 0.647. The number of rotatable bonds is 3. The molecular weight excluding hydrogens is 198 g/mol. The molecule has 0 bridgehead atoms. The molecule has 1 aromatic carbocycles. The minimum absolute atomic E-state index is 0.0574. The molecule has 0 radical (unpaired) electrons. The molecule has 0 saturated heterocycles. The number of hydrogen-bond donors (Lipinski definition) is 3. The normalized spacial score (nSPS) is 11.8. The molecule has 1 rings (SSSR count). The van der Waals surface area contributed by atoms with E-state index in [0.29, 0.717) is 5.56 Å². The number of hydrogen-bond acceptors (Lipinski definition) is 5. The number of aliphatic hydroxyl groups is 1. The summed E-state index contributed by atoms with van der Waals surface area (Å²) in [5.41, 5.74) is 0.323. The van der Waals surface area contributed by atoms with Gasteiger partial charge in [0.05, 0.1) is 25.7 Å². The van der Waals surface area contributed by atoms with Crippen molar-refractivity contribution in [2.24, 2.45) is 0 Å². The first-order chi connectivity index (χ1) is 7.10. The molecule has 0 aromatic heterocycles. The van der Waals surface area contributed by atoms with Gasteiger partial charge < -0.3 is 20.1 Å². The van der Waals surface area contributed by atoms with Crippen LogP contribution >= 0.6 is 0 Å². The fourth-order valence-electron chi connectivity index (χ4n) is 1.17. The Morgan fingerprint density at radius 2 is 2.13 bits per heavy atom. The third kappa shape index (κ3) is 2.30. The highest BCUT2D eigenvalue weighted by molar-refractivity contribution is 5.52. The molecule has 80 valence electrons. The Morgan fingerprint density at radius 1 is 1.47 bits per heavy atom. The first kappa shape index (κ1) is 11.1. The van der Waals surface area contributed by atoms with Crippen molar-refractivity contribution in [3.63, 3.8) is 0 Å². The zero-order chi connectivity index (χ0) is 11.4. The van der Waals surface area contributed by atoms with Crippen LogP contribution in [-0.2, 0) is 0 Å². The molecule has 0 fully saturated rings. The van der Waals surface area contributed by atoms with Crippen molar-refractivity contribution in [2.75, 3.05) is 7.11 Å². The van der Waals surface area contributed by atoms with Crippen LogP contribution in [0.15, 0.2) is 12.1 Å². The zero-order valence-electron chi connectivity index (χ0n) is 8.14. The second-order valence-corrected chi connectivity index (χ2v) is 2.97. The third-order valence-electron chi connectivity index (χ3n) is 1.97. The Bertz CT molecular complexity index is 397. The fourth-order valence-corrected chi connectivity index (χ4v) is 1.17. The largest absolute Gasteiger partial charge is 0.504 e. The summed E-state index contributed by atoms with van der Waals surface area (Å²) >= 11 is 0. The van der Waals surface area contributed by atoms with E-state index in [-0.39, 0.29) is 23.7 Å². The van der Waals surface area contributed by atoms with Crippen molar-refractivity contribution in [3.8, 4) is 23.3 Å². The number of aliphatic hydroxyl groups excluding tert-OH is 1. The molecule has 5 nitrogen and oxygen atoms in total. The molecule has 0 aliphatic carbocycles. The van der Waals surface area contributed by atoms with Crippen LogP contribution in [0.5, 0.6) is 17.2 Å². The van der Waals surface area contributed by atoms with Gasteiger partial charge in [0.15, 0.2) is 11.5 Å². The monoisotopic (exact) mass is 209 g/mol. The Balaban J connectivity index is 3.11. The number of methoxy groups -OCH3 is 1. The summed E-state index contributed by atoms with van der Waals surface area (Å²) in [5.74, 6) is -0.714. The van der Waals surface area contributed by atoms with Crippen LogP contribution in [0.25, 0.3) is 0 Å². The number of nitriles is 1. The number of phenolic OH excluding ortho intramolecular Hbond substituents is 2. The summed E-state index contributed by atoms with van der Waals surface area (Å²) in [6, 6.07) is 4.37. The molecule has 0 heterocycles. The Hall–Kier alpha value is -1.93. The predicted octanol–water partition coefficient (Wildman–Crippen LogP) is 1.05. The van der Waals surface area contributed by atoms with E-state index in [9.17, 15) is 15.3 Å². The van der Waals surface area contributed by atoms with Crippen LogP contribution in [0.3, 0.4) is 0 Å². The molecule has 0 aliphatic rings. The number of benzene rings is 1. The summed E-state index contributed by atoms with van der Waals surface area (Å²) in [5, 5.41) is 36.5. The second kappa shape index (κ2) is 4.53. The van der Waals surface area contributed by atoms with E-state index in [1.165, 1.54) is 19.2 Å². The number of phenols is 2. The standard InChI is InChI=1S/C10H11NO4/c1-15-9-5-6(7(12)2-3-11)4-8(13)10(9)14/h4-5,7,12-14H,2H2,1H3. The van der Waals surface area contributed by atoms with Gasteiger partial charge in [0, 0.05) is 0 Å². The first-order valence-electron chi connectivity index (χ1n) is 4.25. The highest BCUT2D eigenvalue weighted by Crippen LogP contribution is 2.38. The topological polar surface area (TPSA) is 93.7 Å². The lowest BCUT2D eigenvalue weighted by molar-refractivity contribution is 0.182. The molecule has 1 aromatic rings. The molecular formula is C10H11NO4. The van der Waals surface area contributed by atoms with Gasteiger partial charge in [-0.05, 0) is 17.7 Å². The molecule has 0 aliphatic heterocycles. The van der Waals surface area contributed by atoms with E-state index in [1.807, 2.05) is 0 Å². The summed E-state index contributed by atoms with van der Waals surface area (Å²) in [6.45, 7) is 0. The maximum atomic E-state index is 9.49. The van der Waals surface area contributed by atoms with Gasteiger partial charge in [0.1, 0.15) is 0 Å². The van der Waals surface area contributed by atoms with Crippen LogP contribution < -0.4 is 4.74 Å². The maximum absolute atomic E-state index is 9.49. The van der Waals surface area contributed by atoms with E-state index < -0.39 is 6.10 Å². The number of ether oxygens (including phenoxy) is 1. The molecule has 15 heavy (non-hydrogen) atoms. The van der Waals surface area contributed by atoms with Crippen LogP contribution in [0.1, 0.15) is 18.1 Å². The number of nitrogens with zero attached hydrogens (tertiary/aromatic N) is 1. The lowest BCUT2D eigenvalue weighted by Gasteiger charge is -2.11. The Morgan fingerprint density at radius 3 is 2.67 bits per heavy atom. The summed E-state index contributed by atoms with van der Waals surface area (Å²) in [6.07, 6.45) is -1.09. The van der Waals surface area contributed by atoms with Gasteiger partial charge in [-0.2, -0.15) is 5.26 Å². The van der Waals surface area contributed by atoms with E-state index >= 15 is 0 Å². The van der Waals surface area contributed by atoms with E-state index in [0.717, 1.165) is 0 Å². The highest BCUT2D eigenvalue weighted by atomic mass is 16.5. The van der Waals surface area contributed by atoms with Crippen molar-refractivity contribution in [1.29, 1.82) is 5.26 Å². The predicted molar refractivity (Wildman–Crippen MR) is 51.5 cm³/mol. The van der Waals surface area contributed by atoms with Crippen molar-refractivity contribution in [1.82, 2.24) is 0 Å². The third-order valence-corrected chi connectivity index (χ3v) is 1.97. The molecule has 1 atom stereocenters. The maximum Gasteiger partial charge on any atom is 0.200 e. The summed E-state index contributed by atoms with van der Waals surface area (Å²) in [7, 11) is 1.33. The molecule has 3 N–H and O–H groups in total. The minimum atomic E-state index is -1.00. The lowest BCUT2D eigenvalue weighted by atomic mass is 10.1. The van der Waals surface area contributed by atoms with Crippen LogP contribution in [0.2, 0.25) is 0 Å². The molecule has 0 amide bonds. The Kier molecular flexibility index (Phi) is 3.37. The molecule has 0 spiro atoms. The SMILES string of the molecule is COc1cc(C(O)CC#N)cc(O)c1O. The van der Waals surface area contributed by atoms with Gasteiger partial charge in [-0.1, -0.05) is 0 Å². The van der Waals surface area contributed by atoms with Crippen molar-refractivity contribution in [3.05, 3.63) is 17.7 Å². The van der Waals surface area contributed by atoms with Gasteiger partial charge in [-0.15, -0.1) is 0 Å². The lowest BCUT2D eigenvalue weighted by Crippen LogP contribution is -1.97. The van der Waals surface area contributed by atoms with Crippen molar-refractivity contribution >= 4 is 0 Å². The van der Waals surface area contributed by atoms with E-state index in [1.54, 1.807) is 6.07 Å². The average molecular weight is 209 g/mol. The van der Waals surface area contributed by atoms with Crippen LogP contribution in [0.4, 0.5) is 0 Å². The van der Waals surface area contributed by atoms with E-state index in [2.05, 4.69) is 0 Å². The number of aromatic hydroxyl groups is 2. The Labute approximate surface area is 86.8 Å². The van der Waals surface area contributed by atoms with Gasteiger partial charge in [-0.25, -0.2) is 0 Å². The van der Waals surface area contributed by atoms with Crippen molar-refractivity contribution < 1.29 is 20.1 Å². The van der Waals surface area contributed by atoms with Gasteiger partial charge >= 0.3 is 0 Å². The zero-order valence-corrected chi connectivity index (χ0v) is 8.14. The smallest absolute Gasteiger partial charge is 0.200 e. The average Bonchev–Trinajstić information content (AvgIpc) is 2.22. The first-order valence-corrected chi connectivity index (χ1v) is 4.25. The van der Waals surface area contributed by atoms with E-state index in [4.69, 9.17) is 10.00 Å². The molecule has 5 heteroatoms. The molecule has 0 saturated carbocycles.